The zero-order chi connectivity index (χ0) is 7.61. The van der Waals surface area contributed by atoms with Crippen molar-refractivity contribution in [3.05, 3.63) is 24.3 Å². The van der Waals surface area contributed by atoms with E-state index < -0.39 is 7.37 Å². The van der Waals surface area contributed by atoms with Crippen LogP contribution in [0.15, 0.2) is 24.3 Å². The second kappa shape index (κ2) is 2.73. The van der Waals surface area contributed by atoms with E-state index in [9.17, 15) is 4.57 Å². The molecule has 0 N–H and O–H groups in total. The summed E-state index contributed by atoms with van der Waals surface area (Å²) in [6, 6.07) is 0. The van der Waals surface area contributed by atoms with Crippen LogP contribution in [-0.2, 0) is 9.09 Å². The molecule has 0 saturated heterocycles. The van der Waals surface area contributed by atoms with Crippen molar-refractivity contribution in [1.29, 1.82) is 0 Å². The lowest BCUT2D eigenvalue weighted by Crippen LogP contribution is -2.06. The molecule has 0 aromatic carbocycles. The molecule has 1 rings (SSSR count). The van der Waals surface area contributed by atoms with Gasteiger partial charge in [0, 0.05) is 5.82 Å². The minimum Gasteiger partial charge on any atom is -0.320 e. The van der Waals surface area contributed by atoms with Crippen molar-refractivity contribution in [3.63, 3.8) is 0 Å². The Hall–Kier alpha value is -0.330. The zero-order valence-electron chi connectivity index (χ0n) is 5.99. The molecule has 0 aliphatic carbocycles. The van der Waals surface area contributed by atoms with Gasteiger partial charge in [0.15, 0.2) is 0 Å². The van der Waals surface area contributed by atoms with Crippen molar-refractivity contribution >= 4 is 7.37 Å². The highest BCUT2D eigenvalue weighted by Gasteiger charge is 2.21. The summed E-state index contributed by atoms with van der Waals surface area (Å²) in [5.41, 5.74) is 0. The van der Waals surface area contributed by atoms with Gasteiger partial charge in [0.05, 0.1) is 6.10 Å². The van der Waals surface area contributed by atoms with Crippen LogP contribution in [0.3, 0.4) is 0 Å². The summed E-state index contributed by atoms with van der Waals surface area (Å²) in [5, 5.41) is 0. The SMILES string of the molecule is C=CP1(=O)C=CCC(C)O1. The molecule has 2 unspecified atom stereocenters. The Kier molecular flexibility index (Phi) is 2.12. The monoisotopic (exact) mass is 158 g/mol. The van der Waals surface area contributed by atoms with Gasteiger partial charge in [0.1, 0.15) is 0 Å². The van der Waals surface area contributed by atoms with Crippen molar-refractivity contribution < 1.29 is 9.09 Å². The van der Waals surface area contributed by atoms with Gasteiger partial charge in [-0.15, -0.1) is 0 Å². The van der Waals surface area contributed by atoms with Gasteiger partial charge in [-0.25, -0.2) is 0 Å². The Morgan fingerprint density at radius 1 is 1.90 bits per heavy atom. The number of hydrogen-bond acceptors (Lipinski definition) is 2. The van der Waals surface area contributed by atoms with Gasteiger partial charge in [-0.3, -0.25) is 4.57 Å². The van der Waals surface area contributed by atoms with Gasteiger partial charge >= 0.3 is 0 Å². The van der Waals surface area contributed by atoms with Crippen LogP contribution in [0.5, 0.6) is 0 Å². The minimum absolute atomic E-state index is 0.0637. The predicted molar refractivity (Wildman–Crippen MR) is 42.1 cm³/mol. The van der Waals surface area contributed by atoms with Crippen LogP contribution in [-0.4, -0.2) is 6.10 Å². The lowest BCUT2D eigenvalue weighted by molar-refractivity contribution is 0.230. The third kappa shape index (κ3) is 1.59. The van der Waals surface area contributed by atoms with Crippen LogP contribution in [0, 0.1) is 0 Å². The highest BCUT2D eigenvalue weighted by Crippen LogP contribution is 2.53. The summed E-state index contributed by atoms with van der Waals surface area (Å²) < 4.78 is 16.6. The fraction of sp³-hybridized carbons (Fsp3) is 0.429. The van der Waals surface area contributed by atoms with E-state index in [-0.39, 0.29) is 6.10 Å². The summed E-state index contributed by atoms with van der Waals surface area (Å²) in [4.78, 5) is 0. The van der Waals surface area contributed by atoms with E-state index >= 15 is 0 Å². The van der Waals surface area contributed by atoms with Crippen LogP contribution in [0.25, 0.3) is 0 Å². The molecule has 0 aromatic heterocycles. The first-order valence-electron chi connectivity index (χ1n) is 3.25. The fourth-order valence-electron chi connectivity index (χ4n) is 0.863. The fourth-order valence-corrected chi connectivity index (χ4v) is 2.20. The molecule has 2 atom stereocenters. The standard InChI is InChI=1S/C7H11O2P/c1-3-10(8)6-4-5-7(2)9-10/h3-4,6-7H,1,5H2,2H3. The van der Waals surface area contributed by atoms with Gasteiger partial charge in [0.25, 0.3) is 0 Å². The van der Waals surface area contributed by atoms with Crippen molar-refractivity contribution in [2.24, 2.45) is 0 Å². The molecule has 0 aromatic rings. The summed E-state index contributed by atoms with van der Waals surface area (Å²) >= 11 is 0. The van der Waals surface area contributed by atoms with Gasteiger partial charge in [0.2, 0.25) is 7.37 Å². The van der Waals surface area contributed by atoms with E-state index in [1.807, 2.05) is 13.0 Å². The minimum atomic E-state index is -2.57. The van der Waals surface area contributed by atoms with Crippen LogP contribution in [0.4, 0.5) is 0 Å². The van der Waals surface area contributed by atoms with E-state index in [2.05, 4.69) is 6.58 Å². The average molecular weight is 158 g/mol. The maximum Gasteiger partial charge on any atom is 0.246 e. The van der Waals surface area contributed by atoms with E-state index in [0.29, 0.717) is 0 Å². The summed E-state index contributed by atoms with van der Waals surface area (Å²) in [5.74, 6) is 3.00. The van der Waals surface area contributed by atoms with Crippen LogP contribution >= 0.6 is 7.37 Å². The molecular weight excluding hydrogens is 147 g/mol. The van der Waals surface area contributed by atoms with Gasteiger partial charge in [-0.2, -0.15) is 0 Å². The first-order valence-corrected chi connectivity index (χ1v) is 5.02. The quantitative estimate of drug-likeness (QED) is 0.548. The molecule has 2 nitrogen and oxygen atoms in total. The second-order valence-corrected chi connectivity index (χ2v) is 4.53. The van der Waals surface area contributed by atoms with E-state index in [0.717, 1.165) is 6.42 Å². The number of rotatable bonds is 1. The third-order valence-electron chi connectivity index (χ3n) is 1.38. The summed E-state index contributed by atoms with van der Waals surface area (Å²) in [6.07, 6.45) is 2.79. The Balaban J connectivity index is 2.81. The molecule has 0 saturated carbocycles. The molecule has 0 radical (unpaired) electrons. The Labute approximate surface area is 61.0 Å². The largest absolute Gasteiger partial charge is 0.320 e. The normalized spacial score (nSPS) is 39.5. The van der Waals surface area contributed by atoms with Crippen molar-refractivity contribution in [2.45, 2.75) is 19.4 Å². The Bertz CT molecular complexity index is 208. The molecule has 10 heavy (non-hydrogen) atoms. The van der Waals surface area contributed by atoms with Crippen LogP contribution in [0.1, 0.15) is 13.3 Å². The molecular formula is C7H11O2P. The highest BCUT2D eigenvalue weighted by molar-refractivity contribution is 7.65. The number of hydrogen-bond donors (Lipinski definition) is 0. The topological polar surface area (TPSA) is 26.3 Å². The molecule has 0 amide bonds. The molecule has 0 bridgehead atoms. The summed E-state index contributed by atoms with van der Waals surface area (Å²) in [7, 11) is -2.57. The summed E-state index contributed by atoms with van der Waals surface area (Å²) in [6.45, 7) is 5.35. The van der Waals surface area contributed by atoms with Crippen molar-refractivity contribution in [1.82, 2.24) is 0 Å². The average Bonchev–Trinajstić information content (AvgIpc) is 1.88. The second-order valence-electron chi connectivity index (χ2n) is 2.36. The molecule has 1 heterocycles. The smallest absolute Gasteiger partial charge is 0.246 e. The molecule has 1 aliphatic rings. The maximum atomic E-state index is 11.4. The van der Waals surface area contributed by atoms with Gasteiger partial charge < -0.3 is 4.52 Å². The van der Waals surface area contributed by atoms with E-state index in [4.69, 9.17) is 4.52 Å². The first-order chi connectivity index (χ1) is 4.66. The molecule has 0 spiro atoms. The lowest BCUT2D eigenvalue weighted by Gasteiger charge is -2.19. The molecule has 1 aliphatic heterocycles. The van der Waals surface area contributed by atoms with E-state index in [1.165, 1.54) is 5.82 Å². The molecule has 3 heteroatoms. The molecule has 56 valence electrons. The van der Waals surface area contributed by atoms with E-state index in [1.54, 1.807) is 5.82 Å². The predicted octanol–water partition coefficient (Wildman–Crippen LogP) is 2.73. The maximum absolute atomic E-state index is 11.4. The lowest BCUT2D eigenvalue weighted by atomic mass is 10.3. The molecule has 0 fully saturated rings. The van der Waals surface area contributed by atoms with Gasteiger partial charge in [-0.05, 0) is 19.2 Å². The Morgan fingerprint density at radius 2 is 2.60 bits per heavy atom. The van der Waals surface area contributed by atoms with Gasteiger partial charge in [-0.1, -0.05) is 12.7 Å². The third-order valence-corrected chi connectivity index (χ3v) is 3.21. The zero-order valence-corrected chi connectivity index (χ0v) is 6.88. The Morgan fingerprint density at radius 3 is 3.00 bits per heavy atom. The first kappa shape index (κ1) is 7.77. The van der Waals surface area contributed by atoms with Crippen LogP contribution in [0.2, 0.25) is 0 Å². The van der Waals surface area contributed by atoms with Crippen LogP contribution < -0.4 is 0 Å². The highest BCUT2D eigenvalue weighted by atomic mass is 31.2. The van der Waals surface area contributed by atoms with Crippen molar-refractivity contribution in [3.8, 4) is 0 Å². The van der Waals surface area contributed by atoms with Crippen molar-refractivity contribution in [2.75, 3.05) is 0 Å².